The van der Waals surface area contributed by atoms with Crippen molar-refractivity contribution in [2.45, 2.75) is 6.92 Å². The summed E-state index contributed by atoms with van der Waals surface area (Å²) in [4.78, 5) is 45.4. The van der Waals surface area contributed by atoms with E-state index in [9.17, 15) is 18.8 Å². The number of hydrogen-bond acceptors (Lipinski definition) is 4. The molecule has 0 aliphatic carbocycles. The number of rotatable bonds is 6. The lowest BCUT2D eigenvalue weighted by atomic mass is 9.93. The number of H-pyrrole nitrogens is 1. The molecular formula is C32H25FN6O3. The Morgan fingerprint density at radius 3 is 2.43 bits per heavy atom. The average Bonchev–Trinajstić information content (AvgIpc) is 3.57. The Balaban J connectivity index is 1.43. The summed E-state index contributed by atoms with van der Waals surface area (Å²) in [6.45, 7) is 1.89. The summed E-state index contributed by atoms with van der Waals surface area (Å²) in [5.41, 5.74) is 11.2. The Bertz CT molecular complexity index is 2040. The fraction of sp³-hybridized carbons (Fsp3) is 0.0625. The highest BCUT2D eigenvalue weighted by Crippen LogP contribution is 2.39. The second kappa shape index (κ2) is 10.3. The van der Waals surface area contributed by atoms with Crippen LogP contribution in [0.5, 0.6) is 0 Å². The number of anilines is 2. The van der Waals surface area contributed by atoms with Gasteiger partial charge in [0.1, 0.15) is 5.82 Å². The number of carbonyl (C=O) groups excluding carboxylic acids is 3. The lowest BCUT2D eigenvalue weighted by Gasteiger charge is -2.15. The van der Waals surface area contributed by atoms with Crippen molar-refractivity contribution in [3.63, 3.8) is 0 Å². The maximum absolute atomic E-state index is 13.3. The molecule has 4 aromatic carbocycles. The number of hydrogen-bond donors (Lipinski definition) is 4. The van der Waals surface area contributed by atoms with E-state index < -0.39 is 11.7 Å². The van der Waals surface area contributed by atoms with Crippen molar-refractivity contribution in [2.75, 3.05) is 10.6 Å². The molecule has 0 spiro atoms. The molecule has 9 nitrogen and oxygen atoms in total. The van der Waals surface area contributed by atoms with Crippen LogP contribution >= 0.6 is 0 Å². The third-order valence-electron chi connectivity index (χ3n) is 7.28. The lowest BCUT2D eigenvalue weighted by molar-refractivity contribution is 0.0996. The van der Waals surface area contributed by atoms with E-state index in [1.807, 2.05) is 31.2 Å². The van der Waals surface area contributed by atoms with Crippen LogP contribution in [0, 0.1) is 12.7 Å². The highest BCUT2D eigenvalue weighted by Gasteiger charge is 2.20. The van der Waals surface area contributed by atoms with Crippen molar-refractivity contribution in [1.29, 1.82) is 0 Å². The van der Waals surface area contributed by atoms with Gasteiger partial charge in [0.2, 0.25) is 0 Å². The maximum atomic E-state index is 13.3. The molecule has 0 fully saturated rings. The zero-order valence-electron chi connectivity index (χ0n) is 22.7. The number of aryl methyl sites for hydroxylation is 1. The predicted octanol–water partition coefficient (Wildman–Crippen LogP) is 5.77. The summed E-state index contributed by atoms with van der Waals surface area (Å²) in [6.07, 6.45) is 3.24. The Morgan fingerprint density at radius 2 is 1.71 bits per heavy atom. The lowest BCUT2D eigenvalue weighted by Crippen LogP contribution is -2.16. The van der Waals surface area contributed by atoms with Gasteiger partial charge < -0.3 is 25.9 Å². The van der Waals surface area contributed by atoms with Gasteiger partial charge in [0.15, 0.2) is 5.82 Å². The molecule has 5 N–H and O–H groups in total. The van der Waals surface area contributed by atoms with Crippen LogP contribution in [0.1, 0.15) is 36.9 Å². The molecule has 0 unspecified atom stereocenters. The van der Waals surface area contributed by atoms with Gasteiger partial charge in [-0.05, 0) is 72.1 Å². The number of benzene rings is 4. The standard InChI is InChI=1S/C32H25FN6O3/c1-17-21(4-3-5-25(17)38-31(41)18-6-8-19(33)9-7-18)22-12-13-24(29(34)40)28-27(22)23-11-10-20(16-26(23)37-28)36-32(42)30-35-14-15-39(30)2/h3-16,37H,1-2H3,(H2,34,40)(H,36,42)(H,38,41). The summed E-state index contributed by atoms with van der Waals surface area (Å²) >= 11 is 0. The summed E-state index contributed by atoms with van der Waals surface area (Å²) in [6, 6.07) is 19.8. The molecule has 0 saturated heterocycles. The SMILES string of the molecule is Cc1c(NC(=O)c2ccc(F)cc2)cccc1-c1ccc(C(N)=O)c2[nH]c3cc(NC(=O)c4nccn4C)ccc3c12. The second-order valence-corrected chi connectivity index (χ2v) is 9.92. The normalized spacial score (nSPS) is 11.1. The number of nitrogens with one attached hydrogen (secondary N) is 3. The smallest absolute Gasteiger partial charge is 0.291 e. The molecule has 0 atom stereocenters. The van der Waals surface area contributed by atoms with Crippen molar-refractivity contribution in [3.05, 3.63) is 114 Å². The topological polar surface area (TPSA) is 135 Å². The summed E-state index contributed by atoms with van der Waals surface area (Å²) in [5, 5.41) is 7.37. The molecule has 6 rings (SSSR count). The average molecular weight is 561 g/mol. The van der Waals surface area contributed by atoms with E-state index in [4.69, 9.17) is 5.73 Å². The number of aromatic amines is 1. The van der Waals surface area contributed by atoms with Gasteiger partial charge in [-0.1, -0.05) is 24.3 Å². The molecule has 0 aliphatic rings. The van der Waals surface area contributed by atoms with Crippen molar-refractivity contribution in [1.82, 2.24) is 14.5 Å². The van der Waals surface area contributed by atoms with Crippen LogP contribution in [0.15, 0.2) is 85.2 Å². The molecule has 42 heavy (non-hydrogen) atoms. The first kappa shape index (κ1) is 26.5. The number of nitrogens with zero attached hydrogens (tertiary/aromatic N) is 2. The number of fused-ring (bicyclic) bond motifs is 3. The van der Waals surface area contributed by atoms with Crippen LogP contribution in [0.2, 0.25) is 0 Å². The fourth-order valence-corrected chi connectivity index (χ4v) is 5.15. The number of aromatic nitrogens is 3. The van der Waals surface area contributed by atoms with Crippen molar-refractivity contribution in [3.8, 4) is 11.1 Å². The Labute approximate surface area is 239 Å². The highest BCUT2D eigenvalue weighted by atomic mass is 19.1. The van der Waals surface area contributed by atoms with Gasteiger partial charge in [-0.2, -0.15) is 0 Å². The van der Waals surface area contributed by atoms with Crippen molar-refractivity contribution in [2.24, 2.45) is 12.8 Å². The first-order valence-corrected chi connectivity index (χ1v) is 13.0. The van der Waals surface area contributed by atoms with Crippen LogP contribution in [0.3, 0.4) is 0 Å². The van der Waals surface area contributed by atoms with Crippen LogP contribution in [-0.4, -0.2) is 32.3 Å². The van der Waals surface area contributed by atoms with E-state index in [1.165, 1.54) is 24.3 Å². The minimum absolute atomic E-state index is 0.270. The molecule has 2 aromatic heterocycles. The zero-order valence-corrected chi connectivity index (χ0v) is 22.7. The largest absolute Gasteiger partial charge is 0.366 e. The Morgan fingerprint density at radius 1 is 0.929 bits per heavy atom. The minimum atomic E-state index is -0.585. The molecule has 10 heteroatoms. The number of primary amides is 1. The second-order valence-electron chi connectivity index (χ2n) is 9.92. The van der Waals surface area contributed by atoms with Gasteiger partial charge in [0.05, 0.1) is 11.1 Å². The van der Waals surface area contributed by atoms with Crippen LogP contribution in [-0.2, 0) is 7.05 Å². The summed E-state index contributed by atoms with van der Waals surface area (Å²) in [7, 11) is 1.74. The van der Waals surface area contributed by atoms with E-state index >= 15 is 0 Å². The van der Waals surface area contributed by atoms with Crippen molar-refractivity contribution < 1.29 is 18.8 Å². The number of imidazole rings is 1. The van der Waals surface area contributed by atoms with E-state index in [2.05, 4.69) is 20.6 Å². The monoisotopic (exact) mass is 560 g/mol. The molecule has 0 bridgehead atoms. The van der Waals surface area contributed by atoms with Crippen LogP contribution < -0.4 is 16.4 Å². The summed E-state index contributed by atoms with van der Waals surface area (Å²) in [5.74, 6) is -1.46. The summed E-state index contributed by atoms with van der Waals surface area (Å²) < 4.78 is 15.0. The number of nitrogens with two attached hydrogens (primary N) is 1. The first-order valence-electron chi connectivity index (χ1n) is 13.0. The highest BCUT2D eigenvalue weighted by molar-refractivity contribution is 6.20. The molecule has 0 saturated carbocycles. The molecule has 2 heterocycles. The zero-order chi connectivity index (χ0) is 29.5. The first-order chi connectivity index (χ1) is 20.2. The van der Waals surface area contributed by atoms with Crippen LogP contribution in [0.4, 0.5) is 15.8 Å². The molecule has 6 aromatic rings. The van der Waals surface area contributed by atoms with Gasteiger partial charge in [-0.15, -0.1) is 0 Å². The Kier molecular flexibility index (Phi) is 6.50. The fourth-order valence-electron chi connectivity index (χ4n) is 5.15. The van der Waals surface area contributed by atoms with E-state index in [1.54, 1.807) is 48.3 Å². The maximum Gasteiger partial charge on any atom is 0.291 e. The van der Waals surface area contributed by atoms with Crippen LogP contribution in [0.25, 0.3) is 32.9 Å². The molecule has 0 radical (unpaired) electrons. The van der Waals surface area contributed by atoms with Gasteiger partial charge in [-0.3, -0.25) is 14.4 Å². The predicted molar refractivity (Wildman–Crippen MR) is 160 cm³/mol. The van der Waals surface area contributed by atoms with Crippen molar-refractivity contribution >= 4 is 50.9 Å². The van der Waals surface area contributed by atoms with Gasteiger partial charge >= 0.3 is 0 Å². The number of halogens is 1. The minimum Gasteiger partial charge on any atom is -0.366 e. The van der Waals surface area contributed by atoms with E-state index in [-0.39, 0.29) is 17.6 Å². The van der Waals surface area contributed by atoms with E-state index in [0.717, 1.165) is 27.5 Å². The third-order valence-corrected chi connectivity index (χ3v) is 7.28. The molecule has 3 amide bonds. The molecule has 208 valence electrons. The van der Waals surface area contributed by atoms with Gasteiger partial charge in [-0.25, -0.2) is 9.37 Å². The van der Waals surface area contributed by atoms with E-state index in [0.29, 0.717) is 33.5 Å². The number of amides is 3. The molecule has 0 aliphatic heterocycles. The van der Waals surface area contributed by atoms with Gasteiger partial charge in [0.25, 0.3) is 17.7 Å². The third kappa shape index (κ3) is 4.64. The van der Waals surface area contributed by atoms with Gasteiger partial charge in [0, 0.05) is 52.7 Å². The Hall–Kier alpha value is -5.77. The number of carbonyl (C=O) groups is 3. The molecular weight excluding hydrogens is 535 g/mol. The quantitative estimate of drug-likeness (QED) is 0.206.